The minimum Gasteiger partial charge on any atom is -0.462 e. The normalized spacial score (nSPS) is 13.9. The first-order chi connectivity index (χ1) is 50.2. The molecule has 0 spiro atoms. The van der Waals surface area contributed by atoms with Crippen molar-refractivity contribution >= 4 is 39.5 Å². The van der Waals surface area contributed by atoms with E-state index in [0.717, 1.165) is 108 Å². The number of hydrogen-bond donors (Lipinski definition) is 3. The summed E-state index contributed by atoms with van der Waals surface area (Å²) in [5.41, 5.74) is 0. The predicted molar refractivity (Wildman–Crippen MR) is 428 cm³/mol. The van der Waals surface area contributed by atoms with Gasteiger partial charge in [-0.2, -0.15) is 0 Å². The van der Waals surface area contributed by atoms with E-state index in [2.05, 4.69) is 48.5 Å². The van der Waals surface area contributed by atoms with Crippen LogP contribution in [0.4, 0.5) is 0 Å². The van der Waals surface area contributed by atoms with Gasteiger partial charge >= 0.3 is 39.5 Å². The standard InChI is InChI=1S/C85H166O17P2/c1-8-9-10-11-12-13-14-15-16-17-18-19-20-23-27-32-39-47-54-61-68-84(89)101-80(72-95-82(87)66-59-52-45-38-31-26-24-21-22-25-29-35-42-49-56-63-76(2)3)74-99-103(91,92)97-70-79(86)71-98-104(93,94)100-75-81(73-96-83(88)67-60-53-46-41-34-37-44-51-58-65-78(6)7)102-85(90)69-62-55-48-40-33-28-30-36-43-50-57-64-77(4)5/h76-81,86H,8-75H2,1-7H3,(H,91,92)(H,93,94)/t79-,80-,81-/m1/s1. The molecule has 0 heterocycles. The molecule has 0 aliphatic rings. The number of phosphoric acid groups is 2. The highest BCUT2D eigenvalue weighted by molar-refractivity contribution is 7.47. The molecule has 2 unspecified atom stereocenters. The number of hydrogen-bond acceptors (Lipinski definition) is 15. The third kappa shape index (κ3) is 78.2. The molecule has 0 saturated carbocycles. The smallest absolute Gasteiger partial charge is 0.462 e. The lowest BCUT2D eigenvalue weighted by atomic mass is 10.0. The lowest BCUT2D eigenvalue weighted by Crippen LogP contribution is -2.30. The van der Waals surface area contributed by atoms with Crippen molar-refractivity contribution in [3.05, 3.63) is 0 Å². The van der Waals surface area contributed by atoms with Crippen LogP contribution in [-0.2, 0) is 65.4 Å². The van der Waals surface area contributed by atoms with Gasteiger partial charge in [-0.05, 0) is 43.4 Å². The number of ether oxygens (including phenoxy) is 4. The molecule has 3 N–H and O–H groups in total. The van der Waals surface area contributed by atoms with Gasteiger partial charge in [0.05, 0.1) is 26.4 Å². The fraction of sp³-hybridized carbons (Fsp3) is 0.953. The van der Waals surface area contributed by atoms with E-state index in [-0.39, 0.29) is 25.7 Å². The number of unbranched alkanes of at least 4 members (excludes halogenated alkanes) is 51. The second-order valence-corrected chi connectivity index (χ2v) is 34.9. The summed E-state index contributed by atoms with van der Waals surface area (Å²) in [7, 11) is -9.93. The van der Waals surface area contributed by atoms with Crippen molar-refractivity contribution in [2.75, 3.05) is 39.6 Å². The largest absolute Gasteiger partial charge is 0.472 e. The van der Waals surface area contributed by atoms with Gasteiger partial charge < -0.3 is 33.8 Å². The number of aliphatic hydroxyl groups is 1. The van der Waals surface area contributed by atoms with E-state index >= 15 is 0 Å². The molecule has 0 aliphatic carbocycles. The van der Waals surface area contributed by atoms with Gasteiger partial charge in [0.25, 0.3) is 0 Å². The summed E-state index contributed by atoms with van der Waals surface area (Å²) < 4.78 is 68.9. The zero-order valence-electron chi connectivity index (χ0n) is 68.5. The van der Waals surface area contributed by atoms with Gasteiger partial charge in [-0.15, -0.1) is 0 Å². The Morgan fingerprint density at radius 1 is 0.260 bits per heavy atom. The Morgan fingerprint density at radius 2 is 0.442 bits per heavy atom. The summed E-state index contributed by atoms with van der Waals surface area (Å²) in [6.45, 7) is 12.0. The number of rotatable bonds is 83. The van der Waals surface area contributed by atoms with E-state index in [1.807, 2.05) is 0 Å². The maximum atomic E-state index is 13.1. The van der Waals surface area contributed by atoms with Crippen LogP contribution < -0.4 is 0 Å². The number of carbonyl (C=O) groups excluding carboxylic acids is 4. The quantitative estimate of drug-likeness (QED) is 0.0222. The van der Waals surface area contributed by atoms with Crippen LogP contribution in [0.5, 0.6) is 0 Å². The topological polar surface area (TPSA) is 237 Å². The average molecular weight is 1520 g/mol. The highest BCUT2D eigenvalue weighted by Gasteiger charge is 2.30. The van der Waals surface area contributed by atoms with E-state index in [4.69, 9.17) is 37.0 Å². The average Bonchev–Trinajstić information content (AvgIpc) is 0.913. The third-order valence-electron chi connectivity index (χ3n) is 19.9. The van der Waals surface area contributed by atoms with Crippen molar-refractivity contribution < 1.29 is 80.2 Å². The van der Waals surface area contributed by atoms with E-state index in [0.29, 0.717) is 25.7 Å². The van der Waals surface area contributed by atoms with E-state index in [1.54, 1.807) is 0 Å². The molecular formula is C85H166O17P2. The second kappa shape index (κ2) is 75.1. The summed E-state index contributed by atoms with van der Waals surface area (Å²) >= 11 is 0. The number of esters is 4. The summed E-state index contributed by atoms with van der Waals surface area (Å²) in [5, 5.41) is 10.7. The monoisotopic (exact) mass is 1520 g/mol. The summed E-state index contributed by atoms with van der Waals surface area (Å²) in [5.74, 6) is 0.209. The first kappa shape index (κ1) is 102. The SMILES string of the molecule is CCCCCCCCCCCCCCCCCCCCCCC(=O)O[C@H](COC(=O)CCCCCCCCCCCCCCCCCC(C)C)COP(=O)(O)OC[C@@H](O)COP(=O)(O)OC[C@@H](COC(=O)CCCCCCCCCCCC(C)C)OC(=O)CCCCCCCCCCCCCC(C)C. The van der Waals surface area contributed by atoms with E-state index in [9.17, 15) is 43.2 Å². The molecule has 618 valence electrons. The first-order valence-corrected chi connectivity index (χ1v) is 46.8. The number of phosphoric ester groups is 2. The number of carbonyl (C=O) groups is 4. The van der Waals surface area contributed by atoms with Gasteiger partial charge in [-0.3, -0.25) is 37.3 Å². The Labute approximate surface area is 638 Å². The molecule has 19 heteroatoms. The molecule has 0 aliphatic heterocycles. The molecule has 17 nitrogen and oxygen atoms in total. The molecule has 0 fully saturated rings. The summed E-state index contributed by atoms with van der Waals surface area (Å²) in [4.78, 5) is 73.2. The fourth-order valence-corrected chi connectivity index (χ4v) is 14.8. The van der Waals surface area contributed by atoms with Crippen LogP contribution in [0.2, 0.25) is 0 Å². The lowest BCUT2D eigenvalue weighted by molar-refractivity contribution is -0.161. The molecule has 0 amide bonds. The zero-order chi connectivity index (χ0) is 76.5. The first-order valence-electron chi connectivity index (χ1n) is 43.8. The van der Waals surface area contributed by atoms with Crippen LogP contribution in [-0.4, -0.2) is 96.7 Å². The van der Waals surface area contributed by atoms with E-state index in [1.165, 1.54) is 257 Å². The fourth-order valence-electron chi connectivity index (χ4n) is 13.2. The van der Waals surface area contributed by atoms with Crippen molar-refractivity contribution in [2.24, 2.45) is 17.8 Å². The minimum atomic E-state index is -4.97. The van der Waals surface area contributed by atoms with Crippen molar-refractivity contribution in [1.29, 1.82) is 0 Å². The highest BCUT2D eigenvalue weighted by Crippen LogP contribution is 2.45. The van der Waals surface area contributed by atoms with Crippen molar-refractivity contribution in [3.8, 4) is 0 Å². The summed E-state index contributed by atoms with van der Waals surface area (Å²) in [6.07, 6.45) is 65.3. The van der Waals surface area contributed by atoms with Gasteiger partial charge in [0, 0.05) is 25.7 Å². The van der Waals surface area contributed by atoms with Crippen molar-refractivity contribution in [1.82, 2.24) is 0 Å². The molecule has 0 aromatic rings. The Bertz CT molecular complexity index is 2010. The van der Waals surface area contributed by atoms with Gasteiger partial charge in [-0.25, -0.2) is 9.13 Å². The molecule has 0 aromatic heterocycles. The highest BCUT2D eigenvalue weighted by atomic mass is 31.2. The zero-order valence-corrected chi connectivity index (χ0v) is 70.3. The third-order valence-corrected chi connectivity index (χ3v) is 21.8. The minimum absolute atomic E-state index is 0.106. The van der Waals surface area contributed by atoms with Crippen LogP contribution in [0.15, 0.2) is 0 Å². The van der Waals surface area contributed by atoms with Gasteiger partial charge in [0.2, 0.25) is 0 Å². The Hall–Kier alpha value is -1.94. The van der Waals surface area contributed by atoms with E-state index < -0.39 is 97.5 Å². The van der Waals surface area contributed by atoms with Crippen LogP contribution in [0, 0.1) is 17.8 Å². The molecule has 0 aromatic carbocycles. The molecule has 5 atom stereocenters. The molecule has 0 bridgehead atoms. The maximum absolute atomic E-state index is 13.1. The Kier molecular flexibility index (Phi) is 73.7. The molecular weight excluding hydrogens is 1350 g/mol. The molecule has 104 heavy (non-hydrogen) atoms. The maximum Gasteiger partial charge on any atom is 0.472 e. The van der Waals surface area contributed by atoms with Crippen LogP contribution in [0.3, 0.4) is 0 Å². The molecule has 0 saturated heterocycles. The van der Waals surface area contributed by atoms with Crippen LogP contribution in [0.25, 0.3) is 0 Å². The van der Waals surface area contributed by atoms with Gasteiger partial charge in [0.15, 0.2) is 12.2 Å². The van der Waals surface area contributed by atoms with Crippen LogP contribution in [0.1, 0.15) is 447 Å². The predicted octanol–water partition coefficient (Wildman–Crippen LogP) is 25.7. The molecule has 0 radical (unpaired) electrons. The Morgan fingerprint density at radius 3 is 0.654 bits per heavy atom. The Balaban J connectivity index is 5.25. The lowest BCUT2D eigenvalue weighted by Gasteiger charge is -2.21. The van der Waals surface area contributed by atoms with Crippen molar-refractivity contribution in [2.45, 2.75) is 465 Å². The van der Waals surface area contributed by atoms with Gasteiger partial charge in [-0.1, -0.05) is 395 Å². The number of aliphatic hydroxyl groups excluding tert-OH is 1. The second-order valence-electron chi connectivity index (χ2n) is 32.0. The summed E-state index contributed by atoms with van der Waals surface area (Å²) in [6, 6.07) is 0. The van der Waals surface area contributed by atoms with Crippen molar-refractivity contribution in [3.63, 3.8) is 0 Å². The van der Waals surface area contributed by atoms with Gasteiger partial charge in [0.1, 0.15) is 19.3 Å². The molecule has 0 rings (SSSR count). The van der Waals surface area contributed by atoms with Crippen LogP contribution >= 0.6 is 15.6 Å².